The highest BCUT2D eigenvalue weighted by Gasteiger charge is 2.23. The van der Waals surface area contributed by atoms with Crippen LogP contribution in [0.2, 0.25) is 5.02 Å². The van der Waals surface area contributed by atoms with Crippen molar-refractivity contribution in [2.45, 2.75) is 32.2 Å². The summed E-state index contributed by atoms with van der Waals surface area (Å²) in [4.78, 5) is 0. The van der Waals surface area contributed by atoms with Gasteiger partial charge >= 0.3 is 0 Å². The van der Waals surface area contributed by atoms with Gasteiger partial charge in [0.1, 0.15) is 5.82 Å². The molecular formula is C12H15ClFN. The van der Waals surface area contributed by atoms with Crippen LogP contribution < -0.4 is 5.32 Å². The molecule has 1 fully saturated rings. The molecule has 0 heterocycles. The minimum atomic E-state index is -0.224. The molecule has 0 radical (unpaired) electrons. The fourth-order valence-electron chi connectivity index (χ4n) is 2.17. The van der Waals surface area contributed by atoms with Gasteiger partial charge in [-0.25, -0.2) is 4.39 Å². The van der Waals surface area contributed by atoms with Crippen molar-refractivity contribution in [2.24, 2.45) is 5.92 Å². The molecule has 2 atom stereocenters. The third-order valence-electron chi connectivity index (χ3n) is 3.13. The van der Waals surface area contributed by atoms with E-state index in [1.54, 1.807) is 12.1 Å². The molecular weight excluding hydrogens is 213 g/mol. The van der Waals surface area contributed by atoms with Gasteiger partial charge in [0.2, 0.25) is 0 Å². The van der Waals surface area contributed by atoms with E-state index in [9.17, 15) is 4.39 Å². The van der Waals surface area contributed by atoms with Gasteiger partial charge in [0, 0.05) is 11.1 Å². The smallest absolute Gasteiger partial charge is 0.146 e. The molecule has 0 bridgehead atoms. The Morgan fingerprint density at radius 1 is 1.40 bits per heavy atom. The van der Waals surface area contributed by atoms with Crippen molar-refractivity contribution >= 4 is 17.3 Å². The molecule has 1 aliphatic carbocycles. The largest absolute Gasteiger partial charge is 0.380 e. The van der Waals surface area contributed by atoms with Gasteiger partial charge in [0.05, 0.1) is 5.69 Å². The molecule has 1 saturated carbocycles. The molecule has 1 N–H and O–H groups in total. The van der Waals surface area contributed by atoms with E-state index in [0.29, 0.717) is 22.7 Å². The third kappa shape index (κ3) is 2.43. The van der Waals surface area contributed by atoms with Crippen molar-refractivity contribution in [1.82, 2.24) is 0 Å². The summed E-state index contributed by atoms with van der Waals surface area (Å²) in [5, 5.41) is 3.81. The third-order valence-corrected chi connectivity index (χ3v) is 3.37. The predicted molar refractivity (Wildman–Crippen MR) is 61.8 cm³/mol. The Bertz CT molecular complexity index is 353. The van der Waals surface area contributed by atoms with Gasteiger partial charge in [0.25, 0.3) is 0 Å². The van der Waals surface area contributed by atoms with Crippen LogP contribution in [-0.2, 0) is 0 Å². The van der Waals surface area contributed by atoms with Crippen molar-refractivity contribution in [1.29, 1.82) is 0 Å². The number of benzene rings is 1. The average Bonchev–Trinajstić information content (AvgIpc) is 2.58. The summed E-state index contributed by atoms with van der Waals surface area (Å²) >= 11 is 5.83. The van der Waals surface area contributed by atoms with E-state index in [1.165, 1.54) is 18.9 Å². The molecule has 3 heteroatoms. The Hall–Kier alpha value is -0.760. The summed E-state index contributed by atoms with van der Waals surface area (Å²) in [6, 6.07) is 5.02. The molecule has 1 nitrogen and oxygen atoms in total. The minimum absolute atomic E-state index is 0.224. The van der Waals surface area contributed by atoms with Gasteiger partial charge in [-0.3, -0.25) is 0 Å². The standard InChI is InChI=1S/C12H15ClFN/c1-8-3-2-4-11(8)15-12-7-9(13)5-6-10(12)14/h5-8,11,15H,2-4H2,1H3. The summed E-state index contributed by atoms with van der Waals surface area (Å²) in [7, 11) is 0. The molecule has 82 valence electrons. The lowest BCUT2D eigenvalue weighted by molar-refractivity contribution is 0.549. The average molecular weight is 228 g/mol. The number of anilines is 1. The van der Waals surface area contributed by atoms with Crippen LogP contribution in [-0.4, -0.2) is 6.04 Å². The summed E-state index contributed by atoms with van der Waals surface area (Å²) in [5.74, 6) is 0.391. The maximum absolute atomic E-state index is 13.4. The van der Waals surface area contributed by atoms with Crippen LogP contribution in [0.5, 0.6) is 0 Å². The zero-order chi connectivity index (χ0) is 10.8. The zero-order valence-electron chi connectivity index (χ0n) is 8.76. The minimum Gasteiger partial charge on any atom is -0.380 e. The molecule has 1 aromatic carbocycles. The van der Waals surface area contributed by atoms with Crippen molar-refractivity contribution in [2.75, 3.05) is 5.32 Å². The molecule has 0 aromatic heterocycles. The Morgan fingerprint density at radius 2 is 2.20 bits per heavy atom. The normalized spacial score (nSPS) is 25.5. The van der Waals surface area contributed by atoms with Gasteiger partial charge in [-0.05, 0) is 37.0 Å². The van der Waals surface area contributed by atoms with Gasteiger partial charge < -0.3 is 5.32 Å². The Labute approximate surface area is 94.6 Å². The Morgan fingerprint density at radius 3 is 2.87 bits per heavy atom. The maximum Gasteiger partial charge on any atom is 0.146 e. The molecule has 15 heavy (non-hydrogen) atoms. The highest BCUT2D eigenvalue weighted by molar-refractivity contribution is 6.30. The SMILES string of the molecule is CC1CCCC1Nc1cc(Cl)ccc1F. The van der Waals surface area contributed by atoms with Crippen LogP contribution in [0.4, 0.5) is 10.1 Å². The molecule has 2 rings (SSSR count). The fraction of sp³-hybridized carbons (Fsp3) is 0.500. The second-order valence-corrected chi connectivity index (χ2v) is 4.72. The number of rotatable bonds is 2. The van der Waals surface area contributed by atoms with Crippen LogP contribution in [0.1, 0.15) is 26.2 Å². The second kappa shape index (κ2) is 4.40. The van der Waals surface area contributed by atoms with Crippen molar-refractivity contribution in [3.63, 3.8) is 0 Å². The number of hydrogen-bond donors (Lipinski definition) is 1. The van der Waals surface area contributed by atoms with Crippen LogP contribution >= 0.6 is 11.6 Å². The van der Waals surface area contributed by atoms with E-state index in [1.807, 2.05) is 0 Å². The molecule has 1 aliphatic rings. The number of hydrogen-bond acceptors (Lipinski definition) is 1. The van der Waals surface area contributed by atoms with Crippen LogP contribution in [0.3, 0.4) is 0 Å². The van der Waals surface area contributed by atoms with E-state index in [0.717, 1.165) is 6.42 Å². The topological polar surface area (TPSA) is 12.0 Å². The lowest BCUT2D eigenvalue weighted by Crippen LogP contribution is -2.22. The number of halogens is 2. The quantitative estimate of drug-likeness (QED) is 0.803. The highest BCUT2D eigenvalue weighted by Crippen LogP contribution is 2.29. The van der Waals surface area contributed by atoms with Gasteiger partial charge in [-0.2, -0.15) is 0 Å². The fourth-order valence-corrected chi connectivity index (χ4v) is 2.34. The van der Waals surface area contributed by atoms with Gasteiger partial charge in [-0.15, -0.1) is 0 Å². The van der Waals surface area contributed by atoms with E-state index in [2.05, 4.69) is 12.2 Å². The molecule has 0 saturated heterocycles. The van der Waals surface area contributed by atoms with E-state index in [-0.39, 0.29) is 5.82 Å². The molecule has 2 unspecified atom stereocenters. The molecule has 0 aliphatic heterocycles. The first kappa shape index (κ1) is 10.7. The molecule has 0 amide bonds. The molecule has 1 aromatic rings. The van der Waals surface area contributed by atoms with Crippen molar-refractivity contribution < 1.29 is 4.39 Å². The summed E-state index contributed by atoms with van der Waals surface area (Å²) < 4.78 is 13.4. The lowest BCUT2D eigenvalue weighted by Gasteiger charge is -2.19. The summed E-state index contributed by atoms with van der Waals surface area (Å²) in [6.07, 6.45) is 3.56. The van der Waals surface area contributed by atoms with Crippen molar-refractivity contribution in [3.8, 4) is 0 Å². The summed E-state index contributed by atoms with van der Waals surface area (Å²) in [5.41, 5.74) is 0.529. The monoisotopic (exact) mass is 227 g/mol. The highest BCUT2D eigenvalue weighted by atomic mass is 35.5. The molecule has 0 spiro atoms. The first-order valence-electron chi connectivity index (χ1n) is 5.38. The van der Waals surface area contributed by atoms with Crippen LogP contribution in [0.25, 0.3) is 0 Å². The van der Waals surface area contributed by atoms with Crippen LogP contribution in [0, 0.1) is 11.7 Å². The van der Waals surface area contributed by atoms with E-state index < -0.39 is 0 Å². The first-order valence-corrected chi connectivity index (χ1v) is 5.76. The zero-order valence-corrected chi connectivity index (χ0v) is 9.52. The maximum atomic E-state index is 13.4. The van der Waals surface area contributed by atoms with Crippen molar-refractivity contribution in [3.05, 3.63) is 29.0 Å². The second-order valence-electron chi connectivity index (χ2n) is 4.28. The van der Waals surface area contributed by atoms with Gasteiger partial charge in [0.15, 0.2) is 0 Å². The lowest BCUT2D eigenvalue weighted by atomic mass is 10.1. The predicted octanol–water partition coefficient (Wildman–Crippen LogP) is 4.08. The Balaban J connectivity index is 2.12. The van der Waals surface area contributed by atoms with Gasteiger partial charge in [-0.1, -0.05) is 24.9 Å². The summed E-state index contributed by atoms with van der Waals surface area (Å²) in [6.45, 7) is 2.20. The van der Waals surface area contributed by atoms with E-state index >= 15 is 0 Å². The number of nitrogens with one attached hydrogen (secondary N) is 1. The van der Waals surface area contributed by atoms with E-state index in [4.69, 9.17) is 11.6 Å². The Kier molecular flexibility index (Phi) is 3.15. The van der Waals surface area contributed by atoms with Crippen LogP contribution in [0.15, 0.2) is 18.2 Å². The first-order chi connectivity index (χ1) is 7.16.